The minimum atomic E-state index is 0.509. The van der Waals surface area contributed by atoms with Gasteiger partial charge in [0, 0.05) is 5.56 Å². The molecule has 0 amide bonds. The number of hydrogen-bond acceptors (Lipinski definition) is 3. The molecule has 0 aliphatic heterocycles. The molecule has 6 heteroatoms. The van der Waals surface area contributed by atoms with Gasteiger partial charge >= 0.3 is 0 Å². The lowest BCUT2D eigenvalue weighted by molar-refractivity contribution is 0.414. The Morgan fingerprint density at radius 3 is 2.52 bits per heavy atom. The largest absolute Gasteiger partial charge is 0.497 e. The molecule has 0 bridgehead atoms. The van der Waals surface area contributed by atoms with E-state index in [1.165, 1.54) is 0 Å². The van der Waals surface area contributed by atoms with Crippen molar-refractivity contribution in [3.63, 3.8) is 0 Å². The van der Waals surface area contributed by atoms with E-state index in [4.69, 9.17) is 28.6 Å². The van der Waals surface area contributed by atoms with Crippen molar-refractivity contribution in [3.05, 3.63) is 58.3 Å². The molecule has 21 heavy (non-hydrogen) atoms. The Labute approximate surface area is 132 Å². The summed E-state index contributed by atoms with van der Waals surface area (Å²) in [6, 6.07) is 15.1. The maximum atomic E-state index is 6.25. The van der Waals surface area contributed by atoms with Crippen molar-refractivity contribution in [2.45, 2.75) is 0 Å². The van der Waals surface area contributed by atoms with E-state index in [-0.39, 0.29) is 0 Å². The summed E-state index contributed by atoms with van der Waals surface area (Å²) in [5.74, 6) is 1.46. The van der Waals surface area contributed by atoms with E-state index < -0.39 is 0 Å². The molecule has 0 atom stereocenters. The third-order valence-corrected chi connectivity index (χ3v) is 3.72. The van der Waals surface area contributed by atoms with Crippen LogP contribution in [0.3, 0.4) is 0 Å². The molecule has 0 spiro atoms. The zero-order chi connectivity index (χ0) is 14.8. The zero-order valence-electron chi connectivity index (χ0n) is 11.2. The Morgan fingerprint density at radius 1 is 1.14 bits per heavy atom. The molecule has 2 aromatic carbocycles. The van der Waals surface area contributed by atoms with Crippen LogP contribution in [-0.4, -0.2) is 21.9 Å². The molecule has 106 valence electrons. The Kier molecular flexibility index (Phi) is 3.77. The van der Waals surface area contributed by atoms with Gasteiger partial charge < -0.3 is 4.74 Å². The molecule has 1 aromatic heterocycles. The van der Waals surface area contributed by atoms with Gasteiger partial charge in [-0.15, -0.1) is 0 Å². The van der Waals surface area contributed by atoms with Gasteiger partial charge in [-0.25, -0.2) is 0 Å². The highest BCUT2D eigenvalue weighted by Crippen LogP contribution is 2.28. The van der Waals surface area contributed by atoms with Gasteiger partial charge in [-0.3, -0.25) is 9.67 Å². The average molecular weight is 318 g/mol. The third kappa shape index (κ3) is 2.57. The summed E-state index contributed by atoms with van der Waals surface area (Å²) >= 11 is 11.6. The fourth-order valence-corrected chi connectivity index (χ4v) is 2.55. The van der Waals surface area contributed by atoms with Crippen molar-refractivity contribution in [1.82, 2.24) is 14.8 Å². The van der Waals surface area contributed by atoms with Crippen LogP contribution in [0.15, 0.2) is 48.5 Å². The number of H-pyrrole nitrogens is 1. The average Bonchev–Trinajstić information content (AvgIpc) is 2.89. The highest BCUT2D eigenvalue weighted by atomic mass is 35.5. The SMILES string of the molecule is COc1ccc(-n2c(-c3ccccc3Cl)n[nH]c2=S)cc1. The number of aromatic nitrogens is 3. The Morgan fingerprint density at radius 2 is 1.86 bits per heavy atom. The molecular weight excluding hydrogens is 306 g/mol. The van der Waals surface area contributed by atoms with Gasteiger partial charge in [0.1, 0.15) is 5.75 Å². The van der Waals surface area contributed by atoms with E-state index in [0.29, 0.717) is 15.6 Å². The highest BCUT2D eigenvalue weighted by molar-refractivity contribution is 7.71. The molecule has 0 saturated heterocycles. The second-order valence-corrected chi connectivity index (χ2v) is 5.16. The van der Waals surface area contributed by atoms with Crippen molar-refractivity contribution < 1.29 is 4.74 Å². The lowest BCUT2D eigenvalue weighted by atomic mass is 10.2. The first-order valence-electron chi connectivity index (χ1n) is 6.27. The van der Waals surface area contributed by atoms with Crippen molar-refractivity contribution >= 4 is 23.8 Å². The lowest BCUT2D eigenvalue weighted by Crippen LogP contribution is -1.98. The fourth-order valence-electron chi connectivity index (χ4n) is 2.09. The summed E-state index contributed by atoms with van der Waals surface area (Å²) in [5, 5.41) is 7.74. The van der Waals surface area contributed by atoms with Crippen LogP contribution in [0.1, 0.15) is 0 Å². The van der Waals surface area contributed by atoms with Gasteiger partial charge in [-0.1, -0.05) is 23.7 Å². The molecule has 1 N–H and O–H groups in total. The van der Waals surface area contributed by atoms with Crippen molar-refractivity contribution in [2.24, 2.45) is 0 Å². The van der Waals surface area contributed by atoms with Gasteiger partial charge in [-0.05, 0) is 48.6 Å². The molecular formula is C15H12ClN3OS. The summed E-state index contributed by atoms with van der Waals surface area (Å²) in [7, 11) is 1.63. The van der Waals surface area contributed by atoms with Crippen LogP contribution in [-0.2, 0) is 0 Å². The number of halogens is 1. The number of ether oxygens (including phenoxy) is 1. The zero-order valence-corrected chi connectivity index (χ0v) is 12.8. The van der Waals surface area contributed by atoms with Crippen LogP contribution >= 0.6 is 23.8 Å². The Hall–Kier alpha value is -2.11. The second kappa shape index (κ2) is 5.71. The van der Waals surface area contributed by atoms with Crippen molar-refractivity contribution in [2.75, 3.05) is 7.11 Å². The quantitative estimate of drug-likeness (QED) is 0.734. The monoisotopic (exact) mass is 317 g/mol. The molecule has 0 aliphatic rings. The maximum Gasteiger partial charge on any atom is 0.200 e. The molecule has 0 saturated carbocycles. The topological polar surface area (TPSA) is 42.8 Å². The molecule has 0 aliphatic carbocycles. The number of benzene rings is 2. The van der Waals surface area contributed by atoms with Gasteiger partial charge in [0.2, 0.25) is 0 Å². The molecule has 3 rings (SSSR count). The van der Waals surface area contributed by atoms with Gasteiger partial charge in [0.25, 0.3) is 0 Å². The minimum absolute atomic E-state index is 0.509. The Balaban J connectivity index is 2.17. The molecule has 1 heterocycles. The Bertz CT molecular complexity index is 823. The van der Waals surface area contributed by atoms with Crippen molar-refractivity contribution in [1.29, 1.82) is 0 Å². The first-order chi connectivity index (χ1) is 10.2. The number of aromatic amines is 1. The minimum Gasteiger partial charge on any atom is -0.497 e. The summed E-state index contributed by atoms with van der Waals surface area (Å²) in [4.78, 5) is 0. The van der Waals surface area contributed by atoms with E-state index in [0.717, 1.165) is 17.0 Å². The van der Waals surface area contributed by atoms with Crippen LogP contribution in [0.4, 0.5) is 0 Å². The first-order valence-corrected chi connectivity index (χ1v) is 7.06. The van der Waals surface area contributed by atoms with Gasteiger partial charge in [-0.2, -0.15) is 5.10 Å². The second-order valence-electron chi connectivity index (χ2n) is 4.37. The van der Waals surface area contributed by atoms with Gasteiger partial charge in [0.05, 0.1) is 17.8 Å². The van der Waals surface area contributed by atoms with E-state index >= 15 is 0 Å². The number of methoxy groups -OCH3 is 1. The molecule has 0 unspecified atom stereocenters. The van der Waals surface area contributed by atoms with Gasteiger partial charge in [0.15, 0.2) is 10.6 Å². The smallest absolute Gasteiger partial charge is 0.200 e. The van der Waals surface area contributed by atoms with Crippen LogP contribution < -0.4 is 4.74 Å². The van der Waals surface area contributed by atoms with Crippen LogP contribution in [0.5, 0.6) is 5.75 Å². The van der Waals surface area contributed by atoms with E-state index in [1.807, 2.05) is 53.1 Å². The maximum absolute atomic E-state index is 6.25. The normalized spacial score (nSPS) is 10.6. The fraction of sp³-hybridized carbons (Fsp3) is 0.0667. The van der Waals surface area contributed by atoms with Crippen LogP contribution in [0.2, 0.25) is 5.02 Å². The molecule has 4 nitrogen and oxygen atoms in total. The highest BCUT2D eigenvalue weighted by Gasteiger charge is 2.13. The number of hydrogen-bond donors (Lipinski definition) is 1. The molecule has 0 fully saturated rings. The van der Waals surface area contributed by atoms with Crippen LogP contribution in [0, 0.1) is 4.77 Å². The predicted octanol–water partition coefficient (Wildman–Crippen LogP) is 4.26. The molecule has 3 aromatic rings. The van der Waals surface area contributed by atoms with E-state index in [2.05, 4.69) is 10.2 Å². The lowest BCUT2D eigenvalue weighted by Gasteiger charge is -2.09. The predicted molar refractivity (Wildman–Crippen MR) is 85.7 cm³/mol. The summed E-state index contributed by atoms with van der Waals surface area (Å²) in [5.41, 5.74) is 1.71. The summed E-state index contributed by atoms with van der Waals surface area (Å²) in [6.07, 6.45) is 0. The third-order valence-electron chi connectivity index (χ3n) is 3.12. The molecule has 0 radical (unpaired) electrons. The number of nitrogens with zero attached hydrogens (tertiary/aromatic N) is 2. The number of rotatable bonds is 3. The summed E-state index contributed by atoms with van der Waals surface area (Å²) in [6.45, 7) is 0. The van der Waals surface area contributed by atoms with Crippen LogP contribution in [0.25, 0.3) is 17.1 Å². The standard InChI is InChI=1S/C15H12ClN3OS/c1-20-11-8-6-10(7-9-11)19-14(17-18-15(19)21)12-4-2-3-5-13(12)16/h2-9H,1H3,(H,18,21). The van der Waals surface area contributed by atoms with E-state index in [9.17, 15) is 0 Å². The van der Waals surface area contributed by atoms with Crippen molar-refractivity contribution in [3.8, 4) is 22.8 Å². The van der Waals surface area contributed by atoms with E-state index in [1.54, 1.807) is 7.11 Å². The first kappa shape index (κ1) is 13.9. The number of nitrogens with one attached hydrogen (secondary N) is 1. The summed E-state index contributed by atoms with van der Waals surface area (Å²) < 4.78 is 7.52.